The van der Waals surface area contributed by atoms with Gasteiger partial charge in [-0.1, -0.05) is 0 Å². The van der Waals surface area contributed by atoms with Gasteiger partial charge in [0.2, 0.25) is 0 Å². The minimum absolute atomic E-state index is 0.838. The summed E-state index contributed by atoms with van der Waals surface area (Å²) in [5.74, 6) is 0. The van der Waals surface area contributed by atoms with E-state index in [1.165, 1.54) is 18.9 Å². The molecule has 1 aromatic carbocycles. The van der Waals surface area contributed by atoms with E-state index in [2.05, 4.69) is 57.2 Å². The van der Waals surface area contributed by atoms with E-state index in [1.807, 2.05) is 0 Å². The first-order chi connectivity index (χ1) is 7.77. The fourth-order valence-corrected chi connectivity index (χ4v) is 15.3. The predicted octanol–water partition coefficient (Wildman–Crippen LogP) is 4.84. The average molecular weight is 321 g/mol. The van der Waals surface area contributed by atoms with Crippen molar-refractivity contribution in [3.63, 3.8) is 0 Å². The van der Waals surface area contributed by atoms with Gasteiger partial charge in [-0.3, -0.25) is 0 Å². The molecule has 0 saturated carbocycles. The second-order valence-corrected chi connectivity index (χ2v) is 20.5. The van der Waals surface area contributed by atoms with E-state index in [1.54, 1.807) is 5.56 Å². The van der Waals surface area contributed by atoms with Crippen LogP contribution < -0.4 is 0 Å². The van der Waals surface area contributed by atoms with E-state index < -0.39 is 18.4 Å². The molecule has 0 aromatic heterocycles. The molecule has 86 valence electrons. The maximum absolute atomic E-state index is 2.51. The fraction of sp³-hybridized carbons (Fsp3) is 0.467. The van der Waals surface area contributed by atoms with Gasteiger partial charge in [-0.2, -0.15) is 0 Å². The Hall–Kier alpha value is -0.241. The molecule has 1 heteroatoms. The summed E-state index contributed by atoms with van der Waals surface area (Å²) >= 11 is -1.93. The first-order valence-electron chi connectivity index (χ1n) is 6.54. The molecule has 0 aliphatic heterocycles. The van der Waals surface area contributed by atoms with E-state index in [-0.39, 0.29) is 0 Å². The Kier molecular flexibility index (Phi) is 3.78. The molecular weight excluding hydrogens is 299 g/mol. The molecule has 1 aliphatic rings. The van der Waals surface area contributed by atoms with Crippen LogP contribution in [0.4, 0.5) is 0 Å². The molecule has 0 nitrogen and oxygen atoms in total. The van der Waals surface area contributed by atoms with E-state index in [0.29, 0.717) is 0 Å². The second-order valence-electron chi connectivity index (χ2n) is 4.89. The first-order valence-corrected chi connectivity index (χ1v) is 14.2. The van der Waals surface area contributed by atoms with Crippen LogP contribution in [0.25, 0.3) is 6.08 Å². The van der Waals surface area contributed by atoms with E-state index in [4.69, 9.17) is 0 Å². The molecule has 0 heterocycles. The molecule has 0 radical (unpaired) electrons. The Morgan fingerprint density at radius 3 is 2.25 bits per heavy atom. The van der Waals surface area contributed by atoms with Gasteiger partial charge < -0.3 is 0 Å². The monoisotopic (exact) mass is 322 g/mol. The summed E-state index contributed by atoms with van der Waals surface area (Å²) in [7, 11) is 0. The van der Waals surface area contributed by atoms with Gasteiger partial charge in [0.25, 0.3) is 0 Å². The molecule has 16 heavy (non-hydrogen) atoms. The van der Waals surface area contributed by atoms with Crippen molar-refractivity contribution in [3.05, 3.63) is 41.5 Å². The fourth-order valence-electron chi connectivity index (χ4n) is 3.19. The minimum atomic E-state index is -1.93. The van der Waals surface area contributed by atoms with Crippen molar-refractivity contribution in [2.75, 3.05) is 0 Å². The Balaban J connectivity index is 2.40. The van der Waals surface area contributed by atoms with Gasteiger partial charge in [-0.25, -0.2) is 0 Å². The number of hydrogen-bond acceptors (Lipinski definition) is 0. The van der Waals surface area contributed by atoms with Crippen LogP contribution >= 0.6 is 0 Å². The molecule has 0 N–H and O–H groups in total. The summed E-state index contributed by atoms with van der Waals surface area (Å²) in [6.07, 6.45) is 4.86. The van der Waals surface area contributed by atoms with Crippen molar-refractivity contribution in [1.82, 2.24) is 0 Å². The van der Waals surface area contributed by atoms with Gasteiger partial charge in [0.05, 0.1) is 0 Å². The average Bonchev–Trinajstić information content (AvgIpc) is 2.77. The number of benzene rings is 1. The van der Waals surface area contributed by atoms with Gasteiger partial charge in [0.1, 0.15) is 0 Å². The summed E-state index contributed by atoms with van der Waals surface area (Å²) < 4.78 is 5.27. The van der Waals surface area contributed by atoms with Crippen molar-refractivity contribution in [2.24, 2.45) is 0 Å². The van der Waals surface area contributed by atoms with Gasteiger partial charge in [0, 0.05) is 0 Å². The molecule has 1 unspecified atom stereocenters. The SMILES string of the molecule is C[CH2][Sn]([CH2]C)([CH2]C)[CH]1C=Cc2ccccc21. The van der Waals surface area contributed by atoms with Crippen LogP contribution in [0.5, 0.6) is 0 Å². The molecule has 0 fully saturated rings. The summed E-state index contributed by atoms with van der Waals surface area (Å²) in [6, 6.07) is 8.99. The predicted molar refractivity (Wildman–Crippen MR) is 75.4 cm³/mol. The van der Waals surface area contributed by atoms with Gasteiger partial charge in [-0.05, 0) is 0 Å². The second kappa shape index (κ2) is 4.95. The third-order valence-electron chi connectivity index (χ3n) is 4.57. The number of rotatable bonds is 4. The Morgan fingerprint density at radius 1 is 1.00 bits per heavy atom. The van der Waals surface area contributed by atoms with Crippen LogP contribution in [0.1, 0.15) is 35.8 Å². The van der Waals surface area contributed by atoms with Crippen molar-refractivity contribution in [2.45, 2.75) is 38.0 Å². The maximum atomic E-state index is 2.51. The Labute approximate surface area is 104 Å². The molecule has 0 spiro atoms. The van der Waals surface area contributed by atoms with Crippen LogP contribution in [0.2, 0.25) is 13.3 Å². The van der Waals surface area contributed by atoms with E-state index in [9.17, 15) is 0 Å². The summed E-state index contributed by atoms with van der Waals surface area (Å²) in [6.45, 7) is 7.29. The Morgan fingerprint density at radius 2 is 1.62 bits per heavy atom. The zero-order valence-electron chi connectivity index (χ0n) is 10.7. The van der Waals surface area contributed by atoms with Crippen molar-refractivity contribution < 1.29 is 0 Å². The van der Waals surface area contributed by atoms with Crippen molar-refractivity contribution >= 4 is 24.5 Å². The molecule has 1 aromatic rings. The number of hydrogen-bond donors (Lipinski definition) is 0. The summed E-state index contributed by atoms with van der Waals surface area (Å²) in [4.78, 5) is 0. The quantitative estimate of drug-likeness (QED) is 0.696. The van der Waals surface area contributed by atoms with Crippen LogP contribution in [0, 0.1) is 0 Å². The van der Waals surface area contributed by atoms with Crippen LogP contribution in [0.15, 0.2) is 30.3 Å². The van der Waals surface area contributed by atoms with Crippen molar-refractivity contribution in [1.29, 1.82) is 0 Å². The zero-order chi connectivity index (χ0) is 11.6. The molecule has 1 aliphatic carbocycles. The van der Waals surface area contributed by atoms with Gasteiger partial charge >= 0.3 is 104 Å². The zero-order valence-corrected chi connectivity index (χ0v) is 13.5. The van der Waals surface area contributed by atoms with Crippen LogP contribution in [-0.4, -0.2) is 18.4 Å². The van der Waals surface area contributed by atoms with Crippen LogP contribution in [-0.2, 0) is 0 Å². The first kappa shape index (κ1) is 12.2. The standard InChI is InChI=1S/C9H7.3C2H5.Sn/c1-2-5-9-7-3-6-8(9)4-1;3*1-2;/h1-7H;3*1H2,2H3;. The van der Waals surface area contributed by atoms with E-state index >= 15 is 0 Å². The molecule has 2 rings (SSSR count). The summed E-state index contributed by atoms with van der Waals surface area (Å²) in [5, 5.41) is 0. The molecular formula is C15H22Sn. The van der Waals surface area contributed by atoms with Crippen LogP contribution in [0.3, 0.4) is 0 Å². The molecule has 1 atom stereocenters. The molecule has 0 saturated heterocycles. The van der Waals surface area contributed by atoms with Gasteiger partial charge in [-0.15, -0.1) is 0 Å². The topological polar surface area (TPSA) is 0 Å². The third-order valence-corrected chi connectivity index (χ3v) is 21.8. The Bertz CT molecular complexity index is 380. The van der Waals surface area contributed by atoms with E-state index in [0.717, 1.165) is 3.93 Å². The molecule has 0 amide bonds. The normalized spacial score (nSPS) is 18.8. The molecule has 0 bridgehead atoms. The number of fused-ring (bicyclic) bond motifs is 1. The summed E-state index contributed by atoms with van der Waals surface area (Å²) in [5.41, 5.74) is 3.10. The van der Waals surface area contributed by atoms with Crippen molar-refractivity contribution in [3.8, 4) is 0 Å². The van der Waals surface area contributed by atoms with Gasteiger partial charge in [0.15, 0.2) is 0 Å². The third kappa shape index (κ3) is 1.85. The number of allylic oxidation sites excluding steroid dienone is 1.